The second-order valence-corrected chi connectivity index (χ2v) is 5.98. The van der Waals surface area contributed by atoms with Gasteiger partial charge in [0.15, 0.2) is 0 Å². The molecule has 1 N–H and O–H groups in total. The first-order chi connectivity index (χ1) is 11.5. The normalized spacial score (nSPS) is 16.0. The van der Waals surface area contributed by atoms with Crippen molar-refractivity contribution in [1.82, 2.24) is 10.2 Å². The molecule has 1 saturated heterocycles. The van der Waals surface area contributed by atoms with Crippen molar-refractivity contribution >= 4 is 41.2 Å². The molecule has 3 rings (SSSR count). The number of carbonyl (C=O) groups is 2. The molecule has 2 aromatic rings. The fraction of sp³-hybridized carbons (Fsp3) is 0.0588. The summed E-state index contributed by atoms with van der Waals surface area (Å²) in [6.45, 7) is 0.0875. The summed E-state index contributed by atoms with van der Waals surface area (Å²) in [5, 5.41) is 3.15. The number of carbonyl (C=O) groups excluding carboxylic acids is 2. The topological polar surface area (TPSA) is 49.4 Å². The van der Waals surface area contributed by atoms with Crippen LogP contribution in [0.15, 0.2) is 48.2 Å². The molecule has 1 fully saturated rings. The zero-order valence-electron chi connectivity index (χ0n) is 12.2. The van der Waals surface area contributed by atoms with Gasteiger partial charge < -0.3 is 5.32 Å². The third-order valence-electron chi connectivity index (χ3n) is 3.50. The molecule has 0 aliphatic carbocycles. The number of imide groups is 1. The smallest absolute Gasteiger partial charge is 0.303 e. The van der Waals surface area contributed by atoms with Gasteiger partial charge in [-0.2, -0.15) is 0 Å². The minimum Gasteiger partial charge on any atom is -0.303 e. The predicted molar refractivity (Wildman–Crippen MR) is 89.9 cm³/mol. The molecular formula is C17H11Cl2FN2O2. The molecule has 3 amide bonds. The van der Waals surface area contributed by atoms with Crippen molar-refractivity contribution < 1.29 is 14.0 Å². The van der Waals surface area contributed by atoms with Crippen molar-refractivity contribution in [3.05, 3.63) is 75.2 Å². The average molecular weight is 365 g/mol. The van der Waals surface area contributed by atoms with Crippen molar-refractivity contribution in [1.29, 1.82) is 0 Å². The number of halogens is 3. The van der Waals surface area contributed by atoms with Crippen LogP contribution in [0, 0.1) is 5.82 Å². The molecule has 24 heavy (non-hydrogen) atoms. The number of rotatable bonds is 3. The minimum absolute atomic E-state index is 0.0269. The molecule has 0 bridgehead atoms. The molecule has 0 saturated carbocycles. The SMILES string of the molecule is O=C1NC(=Cc2c(F)cccc2Cl)C(=O)N1Cc1ccc(Cl)cc1. The first-order valence-corrected chi connectivity index (χ1v) is 7.74. The Kier molecular flexibility index (Phi) is 4.55. The number of hydrogen-bond acceptors (Lipinski definition) is 2. The van der Waals surface area contributed by atoms with Gasteiger partial charge in [0, 0.05) is 10.6 Å². The van der Waals surface area contributed by atoms with Gasteiger partial charge in [-0.15, -0.1) is 0 Å². The lowest BCUT2D eigenvalue weighted by Crippen LogP contribution is -2.30. The molecule has 0 unspecified atom stereocenters. The van der Waals surface area contributed by atoms with E-state index in [1.807, 2.05) is 0 Å². The fourth-order valence-electron chi connectivity index (χ4n) is 2.28. The van der Waals surface area contributed by atoms with Crippen LogP contribution in [-0.4, -0.2) is 16.8 Å². The Morgan fingerprint density at radius 2 is 1.79 bits per heavy atom. The van der Waals surface area contributed by atoms with Crippen molar-refractivity contribution in [2.45, 2.75) is 6.54 Å². The largest absolute Gasteiger partial charge is 0.329 e. The number of nitrogens with zero attached hydrogens (tertiary/aromatic N) is 1. The number of nitrogens with one attached hydrogen (secondary N) is 1. The van der Waals surface area contributed by atoms with Gasteiger partial charge in [0.2, 0.25) is 0 Å². The molecule has 122 valence electrons. The molecule has 2 aromatic carbocycles. The van der Waals surface area contributed by atoms with Crippen LogP contribution in [0.5, 0.6) is 0 Å². The average Bonchev–Trinajstić information content (AvgIpc) is 2.80. The second-order valence-electron chi connectivity index (χ2n) is 5.14. The Hall–Kier alpha value is -2.37. The summed E-state index contributed by atoms with van der Waals surface area (Å²) >= 11 is 11.8. The molecule has 1 aliphatic rings. The standard InChI is InChI=1S/C17H11Cl2FN2O2/c18-11-6-4-10(5-7-11)9-22-16(23)15(21-17(22)24)8-12-13(19)2-1-3-14(12)20/h1-8H,9H2,(H,21,24). The van der Waals surface area contributed by atoms with Gasteiger partial charge in [0.05, 0.1) is 11.6 Å². The maximum absolute atomic E-state index is 13.8. The first-order valence-electron chi connectivity index (χ1n) is 6.98. The molecule has 4 nitrogen and oxygen atoms in total. The van der Waals surface area contributed by atoms with Gasteiger partial charge in [-0.05, 0) is 35.9 Å². The third kappa shape index (κ3) is 3.27. The van der Waals surface area contributed by atoms with Crippen LogP contribution in [0.1, 0.15) is 11.1 Å². The van der Waals surface area contributed by atoms with Gasteiger partial charge in [-0.3, -0.25) is 9.69 Å². The molecule has 1 aliphatic heterocycles. The molecule has 0 radical (unpaired) electrons. The van der Waals surface area contributed by atoms with E-state index in [2.05, 4.69) is 5.32 Å². The van der Waals surface area contributed by atoms with Crippen molar-refractivity contribution in [3.8, 4) is 0 Å². The van der Waals surface area contributed by atoms with Gasteiger partial charge >= 0.3 is 6.03 Å². The number of urea groups is 1. The van der Waals surface area contributed by atoms with Gasteiger partial charge in [-0.1, -0.05) is 41.4 Å². The van der Waals surface area contributed by atoms with Crippen molar-refractivity contribution in [3.63, 3.8) is 0 Å². The monoisotopic (exact) mass is 364 g/mol. The minimum atomic E-state index is -0.576. The van der Waals surface area contributed by atoms with E-state index in [1.54, 1.807) is 24.3 Å². The lowest BCUT2D eigenvalue weighted by Gasteiger charge is -2.11. The fourth-order valence-corrected chi connectivity index (χ4v) is 2.62. The van der Waals surface area contributed by atoms with E-state index in [4.69, 9.17) is 23.2 Å². The highest BCUT2D eigenvalue weighted by Crippen LogP contribution is 2.24. The van der Waals surface area contributed by atoms with Crippen LogP contribution in [-0.2, 0) is 11.3 Å². The zero-order chi connectivity index (χ0) is 17.3. The maximum Gasteiger partial charge on any atom is 0.329 e. The summed E-state index contributed by atoms with van der Waals surface area (Å²) < 4.78 is 13.8. The molecular weight excluding hydrogens is 354 g/mol. The molecule has 0 aromatic heterocycles. The highest BCUT2D eigenvalue weighted by atomic mass is 35.5. The van der Waals surface area contributed by atoms with Gasteiger partial charge in [0.1, 0.15) is 11.5 Å². The van der Waals surface area contributed by atoms with E-state index < -0.39 is 17.8 Å². The number of benzene rings is 2. The lowest BCUT2D eigenvalue weighted by atomic mass is 10.1. The van der Waals surface area contributed by atoms with E-state index in [0.717, 1.165) is 10.5 Å². The molecule has 7 heteroatoms. The van der Waals surface area contributed by atoms with Crippen LogP contribution in [0.2, 0.25) is 10.0 Å². The van der Waals surface area contributed by atoms with Crippen LogP contribution in [0.3, 0.4) is 0 Å². The first kappa shape index (κ1) is 16.5. The van der Waals surface area contributed by atoms with Crippen LogP contribution in [0.4, 0.5) is 9.18 Å². The van der Waals surface area contributed by atoms with Crippen molar-refractivity contribution in [2.75, 3.05) is 0 Å². The lowest BCUT2D eigenvalue weighted by molar-refractivity contribution is -0.123. The highest BCUT2D eigenvalue weighted by Gasteiger charge is 2.33. The Labute approximate surface area is 147 Å². The van der Waals surface area contributed by atoms with Crippen LogP contribution < -0.4 is 5.32 Å². The zero-order valence-corrected chi connectivity index (χ0v) is 13.7. The van der Waals surface area contributed by atoms with Gasteiger partial charge in [0.25, 0.3) is 5.91 Å². The van der Waals surface area contributed by atoms with Crippen molar-refractivity contribution in [2.24, 2.45) is 0 Å². The van der Waals surface area contributed by atoms with E-state index >= 15 is 0 Å². The Bertz CT molecular complexity index is 830. The molecule has 0 atom stereocenters. The summed E-state index contributed by atoms with van der Waals surface area (Å²) in [7, 11) is 0. The molecule has 0 spiro atoms. The predicted octanol–water partition coefficient (Wildman–Crippen LogP) is 4.23. The highest BCUT2D eigenvalue weighted by molar-refractivity contribution is 6.32. The number of amides is 3. The Morgan fingerprint density at radius 3 is 2.46 bits per heavy atom. The summed E-state index contributed by atoms with van der Waals surface area (Å²) in [6.07, 6.45) is 1.24. The molecule has 1 heterocycles. The summed E-state index contributed by atoms with van der Waals surface area (Å²) in [5.74, 6) is -1.12. The van der Waals surface area contributed by atoms with E-state index in [-0.39, 0.29) is 22.8 Å². The van der Waals surface area contributed by atoms with Gasteiger partial charge in [-0.25, -0.2) is 9.18 Å². The summed E-state index contributed by atoms with van der Waals surface area (Å²) in [5.41, 5.74) is 0.769. The quantitative estimate of drug-likeness (QED) is 0.654. The summed E-state index contributed by atoms with van der Waals surface area (Å²) in [4.78, 5) is 25.5. The Balaban J connectivity index is 1.86. The third-order valence-corrected chi connectivity index (χ3v) is 4.09. The van der Waals surface area contributed by atoms with Crippen LogP contribution in [0.25, 0.3) is 6.08 Å². The summed E-state index contributed by atoms with van der Waals surface area (Å²) in [6, 6.07) is 10.4. The Morgan fingerprint density at radius 1 is 1.08 bits per heavy atom. The van der Waals surface area contributed by atoms with E-state index in [1.165, 1.54) is 24.3 Å². The van der Waals surface area contributed by atoms with E-state index in [9.17, 15) is 14.0 Å². The maximum atomic E-state index is 13.8. The number of hydrogen-bond donors (Lipinski definition) is 1. The van der Waals surface area contributed by atoms with Crippen LogP contribution >= 0.6 is 23.2 Å². The second kappa shape index (κ2) is 6.63. The van der Waals surface area contributed by atoms with E-state index in [0.29, 0.717) is 5.02 Å².